The van der Waals surface area contributed by atoms with Gasteiger partial charge in [0.2, 0.25) is 11.8 Å². The Labute approximate surface area is 169 Å². The number of fused-ring (bicyclic) bond motifs is 1. The van der Waals surface area contributed by atoms with Crippen LogP contribution in [-0.2, 0) is 9.59 Å². The molecular weight excluding hydrogens is 375 g/mol. The van der Waals surface area contributed by atoms with Crippen LogP contribution in [0.25, 0.3) is 0 Å². The number of halogens is 1. The number of nitrogens with zero attached hydrogens (tertiary/aromatic N) is 1. The number of unbranched alkanes of at least 4 members (excludes halogenated alkanes) is 1. The van der Waals surface area contributed by atoms with Crippen molar-refractivity contribution in [2.45, 2.75) is 25.7 Å². The molecule has 0 radical (unpaired) electrons. The smallest absolute Gasteiger partial charge is 0.227 e. The number of carbonyl (C=O) groups is 2. The number of hydrogen-bond acceptors (Lipinski definition) is 4. The predicted octanol–water partition coefficient (Wildman–Crippen LogP) is 3.31. The average Bonchev–Trinajstić information content (AvgIpc) is 2.75. The molecule has 0 atom stereocenters. The highest BCUT2D eigenvalue weighted by Crippen LogP contribution is 2.31. The fourth-order valence-corrected chi connectivity index (χ4v) is 3.05. The lowest BCUT2D eigenvalue weighted by molar-refractivity contribution is -0.125. The molecule has 6 nitrogen and oxygen atoms in total. The predicted molar refractivity (Wildman–Crippen MR) is 108 cm³/mol. The number of carbonyl (C=O) groups excluding carboxylic acids is 2. The zero-order valence-corrected chi connectivity index (χ0v) is 16.2. The van der Waals surface area contributed by atoms with Gasteiger partial charge in [-0.3, -0.25) is 9.59 Å². The van der Waals surface area contributed by atoms with Gasteiger partial charge in [-0.05, 0) is 49.2 Å². The van der Waals surface area contributed by atoms with E-state index < -0.39 is 0 Å². The fraction of sp³-hybridized carbons (Fsp3) is 0.364. The van der Waals surface area contributed by atoms with Crippen LogP contribution < -0.4 is 19.7 Å². The minimum Gasteiger partial charge on any atom is -0.494 e. The van der Waals surface area contributed by atoms with Gasteiger partial charge in [0.05, 0.1) is 18.8 Å². The second kappa shape index (κ2) is 10.5. The molecule has 0 fully saturated rings. The largest absolute Gasteiger partial charge is 0.494 e. The first-order valence-electron chi connectivity index (χ1n) is 9.81. The van der Waals surface area contributed by atoms with Crippen LogP contribution in [0.1, 0.15) is 25.7 Å². The minimum absolute atomic E-state index is 0.0800. The fourth-order valence-electron chi connectivity index (χ4n) is 3.05. The summed E-state index contributed by atoms with van der Waals surface area (Å²) >= 11 is 0. The summed E-state index contributed by atoms with van der Waals surface area (Å²) in [5, 5.41) is 2.83. The van der Waals surface area contributed by atoms with Gasteiger partial charge < -0.3 is 19.7 Å². The molecule has 29 heavy (non-hydrogen) atoms. The monoisotopic (exact) mass is 400 g/mol. The van der Waals surface area contributed by atoms with Crippen LogP contribution in [0.3, 0.4) is 0 Å². The van der Waals surface area contributed by atoms with E-state index in [1.807, 2.05) is 24.3 Å². The van der Waals surface area contributed by atoms with Gasteiger partial charge in [0.1, 0.15) is 23.9 Å². The molecule has 154 valence electrons. The molecule has 0 spiro atoms. The molecule has 0 aliphatic carbocycles. The number of benzene rings is 2. The molecule has 1 heterocycles. The highest BCUT2D eigenvalue weighted by molar-refractivity contribution is 5.97. The summed E-state index contributed by atoms with van der Waals surface area (Å²) in [5.41, 5.74) is 0.755. The third kappa shape index (κ3) is 6.20. The normalized spacial score (nSPS) is 12.7. The van der Waals surface area contributed by atoms with Crippen LogP contribution in [-0.4, -0.2) is 38.1 Å². The molecular formula is C22H25FN2O4. The topological polar surface area (TPSA) is 67.9 Å². The maximum Gasteiger partial charge on any atom is 0.227 e. The number of hydrogen-bond donors (Lipinski definition) is 1. The van der Waals surface area contributed by atoms with Crippen molar-refractivity contribution in [1.82, 2.24) is 5.32 Å². The second-order valence-electron chi connectivity index (χ2n) is 6.72. The third-order valence-electron chi connectivity index (χ3n) is 4.57. The molecule has 0 aromatic heterocycles. The third-order valence-corrected chi connectivity index (χ3v) is 4.57. The Balaban J connectivity index is 1.29. The number of anilines is 1. The van der Waals surface area contributed by atoms with E-state index in [9.17, 15) is 14.0 Å². The van der Waals surface area contributed by atoms with Crippen molar-refractivity contribution in [3.8, 4) is 11.5 Å². The van der Waals surface area contributed by atoms with E-state index in [0.717, 1.165) is 18.5 Å². The van der Waals surface area contributed by atoms with Crippen LogP contribution in [0.5, 0.6) is 11.5 Å². The maximum absolute atomic E-state index is 12.8. The SMILES string of the molecule is O=C(CCC(=O)N1CCOc2ccccc21)NCCCCOc1ccc(F)cc1. The number of amides is 2. The minimum atomic E-state index is -0.295. The van der Waals surface area contributed by atoms with E-state index >= 15 is 0 Å². The molecule has 2 aromatic rings. The summed E-state index contributed by atoms with van der Waals surface area (Å²) in [6, 6.07) is 13.3. The first-order chi connectivity index (χ1) is 14.1. The van der Waals surface area contributed by atoms with E-state index in [0.29, 0.717) is 37.8 Å². The van der Waals surface area contributed by atoms with Crippen LogP contribution in [0.2, 0.25) is 0 Å². The maximum atomic E-state index is 12.8. The van der Waals surface area contributed by atoms with E-state index in [-0.39, 0.29) is 30.5 Å². The number of para-hydroxylation sites is 2. The molecule has 7 heteroatoms. The summed E-state index contributed by atoms with van der Waals surface area (Å²) in [6.45, 7) is 1.97. The Kier molecular flexibility index (Phi) is 7.44. The first kappa shape index (κ1) is 20.6. The molecule has 2 amide bonds. The quantitative estimate of drug-likeness (QED) is 0.656. The van der Waals surface area contributed by atoms with Crippen LogP contribution in [0.4, 0.5) is 10.1 Å². The van der Waals surface area contributed by atoms with Crippen LogP contribution >= 0.6 is 0 Å². The van der Waals surface area contributed by atoms with Crippen molar-refractivity contribution >= 4 is 17.5 Å². The van der Waals surface area contributed by atoms with Gasteiger partial charge >= 0.3 is 0 Å². The van der Waals surface area contributed by atoms with Crippen molar-refractivity contribution in [1.29, 1.82) is 0 Å². The van der Waals surface area contributed by atoms with E-state index in [4.69, 9.17) is 9.47 Å². The summed E-state index contributed by atoms with van der Waals surface area (Å²) in [5.74, 6) is 0.803. The Morgan fingerprint density at radius 3 is 2.69 bits per heavy atom. The van der Waals surface area contributed by atoms with Gasteiger partial charge in [-0.2, -0.15) is 0 Å². The zero-order chi connectivity index (χ0) is 20.5. The Hall–Kier alpha value is -3.09. The molecule has 3 rings (SSSR count). The number of nitrogens with one attached hydrogen (secondary N) is 1. The van der Waals surface area contributed by atoms with Gasteiger partial charge in [-0.25, -0.2) is 4.39 Å². The van der Waals surface area contributed by atoms with Crippen molar-refractivity contribution in [2.24, 2.45) is 0 Å². The van der Waals surface area contributed by atoms with Crippen LogP contribution in [0, 0.1) is 5.82 Å². The molecule has 1 aliphatic rings. The second-order valence-corrected chi connectivity index (χ2v) is 6.72. The van der Waals surface area contributed by atoms with Crippen molar-refractivity contribution in [3.63, 3.8) is 0 Å². The lowest BCUT2D eigenvalue weighted by atomic mass is 10.2. The first-order valence-corrected chi connectivity index (χ1v) is 9.81. The van der Waals surface area contributed by atoms with Crippen LogP contribution in [0.15, 0.2) is 48.5 Å². The standard InChI is InChI=1S/C22H25FN2O4/c23-17-7-9-18(10-8-17)28-15-4-3-13-24-21(26)11-12-22(27)25-14-16-29-20-6-2-1-5-19(20)25/h1-2,5-10H,3-4,11-16H2,(H,24,26). The van der Waals surface area contributed by atoms with E-state index in [2.05, 4.69) is 5.32 Å². The molecule has 0 bridgehead atoms. The zero-order valence-electron chi connectivity index (χ0n) is 16.2. The number of ether oxygens (including phenoxy) is 2. The van der Waals surface area contributed by atoms with Gasteiger partial charge in [-0.1, -0.05) is 12.1 Å². The van der Waals surface area contributed by atoms with Gasteiger partial charge in [0, 0.05) is 19.4 Å². The molecule has 0 saturated carbocycles. The molecule has 1 N–H and O–H groups in total. The molecule has 0 unspecified atom stereocenters. The van der Waals surface area contributed by atoms with E-state index in [1.54, 1.807) is 17.0 Å². The summed E-state index contributed by atoms with van der Waals surface area (Å²) in [6.07, 6.45) is 1.84. The van der Waals surface area contributed by atoms with Gasteiger partial charge in [0.25, 0.3) is 0 Å². The molecule has 2 aromatic carbocycles. The molecule has 0 saturated heterocycles. The highest BCUT2D eigenvalue weighted by atomic mass is 19.1. The Morgan fingerprint density at radius 1 is 1.07 bits per heavy atom. The summed E-state index contributed by atoms with van der Waals surface area (Å²) in [7, 11) is 0. The Bertz CT molecular complexity index is 826. The summed E-state index contributed by atoms with van der Waals surface area (Å²) < 4.78 is 23.9. The van der Waals surface area contributed by atoms with Crippen molar-refractivity contribution in [3.05, 3.63) is 54.3 Å². The summed E-state index contributed by atoms with van der Waals surface area (Å²) in [4.78, 5) is 26.2. The average molecular weight is 400 g/mol. The lowest BCUT2D eigenvalue weighted by Gasteiger charge is -2.29. The van der Waals surface area contributed by atoms with Gasteiger partial charge in [0.15, 0.2) is 0 Å². The molecule has 1 aliphatic heterocycles. The van der Waals surface area contributed by atoms with Crippen molar-refractivity contribution in [2.75, 3.05) is 31.2 Å². The van der Waals surface area contributed by atoms with E-state index in [1.165, 1.54) is 12.1 Å². The Morgan fingerprint density at radius 2 is 1.86 bits per heavy atom. The number of rotatable bonds is 9. The van der Waals surface area contributed by atoms with Crippen molar-refractivity contribution < 1.29 is 23.5 Å². The highest BCUT2D eigenvalue weighted by Gasteiger charge is 2.23. The lowest BCUT2D eigenvalue weighted by Crippen LogP contribution is -2.38. The van der Waals surface area contributed by atoms with Gasteiger partial charge in [-0.15, -0.1) is 0 Å².